The average Bonchev–Trinajstić information content (AvgIpc) is 2.92. The molecule has 0 heterocycles. The molecule has 0 bridgehead atoms. The van der Waals surface area contributed by atoms with Crippen molar-refractivity contribution in [1.82, 2.24) is 0 Å². The van der Waals surface area contributed by atoms with Crippen LogP contribution >= 0.6 is 0 Å². The number of rotatable bonds is 22. The van der Waals surface area contributed by atoms with Crippen LogP contribution in [0.3, 0.4) is 0 Å². The molecule has 9 heteroatoms. The first-order chi connectivity index (χ1) is 18.6. The summed E-state index contributed by atoms with van der Waals surface area (Å²) in [5.74, 6) is -0.519. The van der Waals surface area contributed by atoms with Gasteiger partial charge in [-0.2, -0.15) is 0 Å². The van der Waals surface area contributed by atoms with E-state index in [-0.39, 0.29) is 43.5 Å². The molecule has 0 fully saturated rings. The number of unbranched alkanes of at least 4 members (excludes halogenated alkanes) is 4. The van der Waals surface area contributed by atoms with Crippen molar-refractivity contribution in [2.24, 2.45) is 0 Å². The Morgan fingerprint density at radius 2 is 1.31 bits per heavy atom. The molecule has 0 radical (unpaired) electrons. The maximum atomic E-state index is 12.6. The van der Waals surface area contributed by atoms with Gasteiger partial charge in [0, 0.05) is 12.1 Å². The first-order valence-electron chi connectivity index (χ1n) is 14.3. The maximum Gasteiger partial charge on any atom is 0.338 e. The second-order valence-electron chi connectivity index (χ2n) is 10.3. The molecule has 0 aliphatic rings. The zero-order valence-corrected chi connectivity index (χ0v) is 24.8. The molecule has 2 N–H and O–H groups in total. The van der Waals surface area contributed by atoms with Crippen LogP contribution in [0.1, 0.15) is 90.4 Å². The Bertz CT molecular complexity index is 805. The quantitative estimate of drug-likeness (QED) is 0.150. The number of nitrogens with one attached hydrogen (secondary N) is 1. The average molecular weight is 554 g/mol. The van der Waals surface area contributed by atoms with Crippen LogP contribution in [-0.2, 0) is 28.5 Å². The van der Waals surface area contributed by atoms with E-state index in [4.69, 9.17) is 28.8 Å². The van der Waals surface area contributed by atoms with Crippen LogP contribution in [0.15, 0.2) is 24.3 Å². The van der Waals surface area contributed by atoms with Gasteiger partial charge in [-0.1, -0.05) is 38.7 Å². The highest BCUT2D eigenvalue weighted by atomic mass is 16.6. The third kappa shape index (κ3) is 17.3. The molecular formula is C30H51NO8. The number of esters is 1. The van der Waals surface area contributed by atoms with E-state index < -0.39 is 12.1 Å². The van der Waals surface area contributed by atoms with Crippen molar-refractivity contribution in [3.8, 4) is 0 Å². The maximum absolute atomic E-state index is 12.6. The van der Waals surface area contributed by atoms with Crippen molar-refractivity contribution in [3.05, 3.63) is 29.8 Å². The van der Waals surface area contributed by atoms with E-state index in [1.54, 1.807) is 38.1 Å². The summed E-state index contributed by atoms with van der Waals surface area (Å²) in [5, 5.41) is 11.9. The molecule has 1 aromatic carbocycles. The highest BCUT2D eigenvalue weighted by Crippen LogP contribution is 2.14. The Hall–Kier alpha value is -2.04. The highest BCUT2D eigenvalue weighted by molar-refractivity contribution is 5.94. The Morgan fingerprint density at radius 1 is 0.769 bits per heavy atom. The second-order valence-corrected chi connectivity index (χ2v) is 10.3. The van der Waals surface area contributed by atoms with E-state index in [0.717, 1.165) is 19.3 Å². The lowest BCUT2D eigenvalue weighted by Gasteiger charge is -2.21. The van der Waals surface area contributed by atoms with E-state index in [1.807, 2.05) is 20.8 Å². The van der Waals surface area contributed by atoms with Gasteiger partial charge in [-0.05, 0) is 59.2 Å². The number of carbonyl (C=O) groups excluding carboxylic acids is 2. The topological polar surface area (TPSA) is 113 Å². The molecular weight excluding hydrogens is 502 g/mol. The predicted octanol–water partition coefficient (Wildman–Crippen LogP) is 5.14. The van der Waals surface area contributed by atoms with Crippen LogP contribution in [0.5, 0.6) is 0 Å². The lowest BCUT2D eigenvalue weighted by molar-refractivity contribution is -0.116. The van der Waals surface area contributed by atoms with Crippen molar-refractivity contribution in [3.63, 3.8) is 0 Å². The summed E-state index contributed by atoms with van der Waals surface area (Å²) in [7, 11) is 0. The fourth-order valence-corrected chi connectivity index (χ4v) is 3.52. The molecule has 0 aliphatic heterocycles. The summed E-state index contributed by atoms with van der Waals surface area (Å²) in [6.45, 7) is 12.9. The predicted molar refractivity (Wildman–Crippen MR) is 152 cm³/mol. The summed E-state index contributed by atoms with van der Waals surface area (Å²) >= 11 is 0. The minimum Gasteiger partial charge on any atom is -0.457 e. The van der Waals surface area contributed by atoms with Crippen LogP contribution in [0, 0.1) is 0 Å². The third-order valence-corrected chi connectivity index (χ3v) is 5.92. The van der Waals surface area contributed by atoms with Gasteiger partial charge in [0.25, 0.3) is 0 Å². The largest absolute Gasteiger partial charge is 0.457 e. The number of aliphatic hydroxyl groups is 1. The van der Waals surface area contributed by atoms with Gasteiger partial charge < -0.3 is 34.1 Å². The molecule has 0 aliphatic carbocycles. The second kappa shape index (κ2) is 20.8. The molecule has 4 unspecified atom stereocenters. The monoisotopic (exact) mass is 553 g/mol. The molecule has 1 amide bonds. The molecule has 1 rings (SSSR count). The molecule has 0 saturated carbocycles. The highest BCUT2D eigenvalue weighted by Gasteiger charge is 2.16. The zero-order valence-electron chi connectivity index (χ0n) is 24.8. The standard InChI is InChI=1S/C30H51NO8/c1-7-8-9-10-11-15-29(33)31-28-14-12-13-27(16-28)30(34)39-26(6)21-38-25(5)20-37-24(4)19-36-23(3)18-35-22(2)17-32/h12-14,16,22-26,32H,7-11,15,17-21H2,1-6H3,(H,31,33)/t22?,23?,24?,25?,26-/m0/s1. The smallest absolute Gasteiger partial charge is 0.338 e. The van der Waals surface area contributed by atoms with Gasteiger partial charge in [0.2, 0.25) is 5.91 Å². The van der Waals surface area contributed by atoms with Crippen molar-refractivity contribution in [2.75, 3.05) is 38.4 Å². The van der Waals surface area contributed by atoms with Gasteiger partial charge in [-0.15, -0.1) is 0 Å². The van der Waals surface area contributed by atoms with E-state index >= 15 is 0 Å². The van der Waals surface area contributed by atoms with Gasteiger partial charge >= 0.3 is 5.97 Å². The normalized spacial score (nSPS) is 15.3. The first-order valence-corrected chi connectivity index (χ1v) is 14.3. The van der Waals surface area contributed by atoms with Crippen molar-refractivity contribution in [1.29, 1.82) is 0 Å². The van der Waals surface area contributed by atoms with Gasteiger partial charge in [0.15, 0.2) is 0 Å². The van der Waals surface area contributed by atoms with Gasteiger partial charge in [0.1, 0.15) is 6.10 Å². The molecule has 0 aromatic heterocycles. The van der Waals surface area contributed by atoms with Crippen LogP contribution < -0.4 is 5.32 Å². The minimum atomic E-state index is -0.470. The lowest BCUT2D eigenvalue weighted by atomic mass is 10.1. The summed E-state index contributed by atoms with van der Waals surface area (Å²) < 4.78 is 28.3. The van der Waals surface area contributed by atoms with Crippen LogP contribution in [-0.4, -0.2) is 80.5 Å². The summed E-state index contributed by atoms with van der Waals surface area (Å²) in [6, 6.07) is 6.78. The molecule has 0 saturated heterocycles. The lowest BCUT2D eigenvalue weighted by Crippen LogP contribution is -2.29. The zero-order chi connectivity index (χ0) is 29.0. The van der Waals surface area contributed by atoms with Crippen molar-refractivity contribution < 1.29 is 38.4 Å². The fourth-order valence-electron chi connectivity index (χ4n) is 3.52. The van der Waals surface area contributed by atoms with Crippen LogP contribution in [0.4, 0.5) is 5.69 Å². The van der Waals surface area contributed by atoms with E-state index in [1.165, 1.54) is 12.8 Å². The summed E-state index contributed by atoms with van der Waals surface area (Å²) in [4.78, 5) is 24.8. The van der Waals surface area contributed by atoms with Crippen molar-refractivity contribution in [2.45, 2.75) is 111 Å². The van der Waals surface area contributed by atoms with Gasteiger partial charge in [-0.25, -0.2) is 4.79 Å². The number of carbonyl (C=O) groups is 2. The summed E-state index contributed by atoms with van der Waals surface area (Å²) in [6.07, 6.45) is 4.81. The van der Waals surface area contributed by atoms with Crippen LogP contribution in [0.25, 0.3) is 0 Å². The van der Waals surface area contributed by atoms with E-state index in [9.17, 15) is 9.59 Å². The van der Waals surface area contributed by atoms with E-state index in [2.05, 4.69) is 12.2 Å². The SMILES string of the molecule is CCCCCCCC(=O)Nc1cccc(C(=O)O[C@@H](C)COC(C)COC(C)COC(C)COC(C)CO)c1. The number of amides is 1. The van der Waals surface area contributed by atoms with Gasteiger partial charge in [-0.3, -0.25) is 4.79 Å². The molecule has 39 heavy (non-hydrogen) atoms. The third-order valence-electron chi connectivity index (χ3n) is 5.92. The number of anilines is 1. The number of hydrogen-bond acceptors (Lipinski definition) is 8. The molecule has 224 valence electrons. The van der Waals surface area contributed by atoms with Gasteiger partial charge in [0.05, 0.1) is 63.0 Å². The first kappa shape index (κ1) is 35.0. The number of ether oxygens (including phenoxy) is 5. The molecule has 1 aromatic rings. The molecule has 0 spiro atoms. The molecule has 5 atom stereocenters. The number of benzene rings is 1. The van der Waals surface area contributed by atoms with Crippen LogP contribution in [0.2, 0.25) is 0 Å². The Morgan fingerprint density at radius 3 is 1.87 bits per heavy atom. The summed E-state index contributed by atoms with van der Waals surface area (Å²) in [5.41, 5.74) is 0.954. The van der Waals surface area contributed by atoms with Crippen molar-refractivity contribution >= 4 is 17.6 Å². The Labute approximate surface area is 234 Å². The fraction of sp³-hybridized carbons (Fsp3) is 0.733. The molecule has 9 nitrogen and oxygen atoms in total. The minimum absolute atomic E-state index is 0.0197. The number of aliphatic hydroxyl groups excluding tert-OH is 1. The number of hydrogen-bond donors (Lipinski definition) is 2. The Balaban J connectivity index is 2.30. The van der Waals surface area contributed by atoms with E-state index in [0.29, 0.717) is 37.5 Å². The Kier molecular flexibility index (Phi) is 18.7.